The molecule has 0 aliphatic carbocycles. The van der Waals surface area contributed by atoms with E-state index in [1.54, 1.807) is 24.5 Å². The summed E-state index contributed by atoms with van der Waals surface area (Å²) in [6, 6.07) is 0. The normalized spacial score (nSPS) is 19.5. The maximum Gasteiger partial charge on any atom is 0.0793 e. The van der Waals surface area contributed by atoms with Crippen LogP contribution in [0.3, 0.4) is 0 Å². The molecule has 2 atom stereocenters. The Kier molecular flexibility index (Phi) is 32.2. The highest BCUT2D eigenvalue weighted by Gasteiger charge is 2.24. The van der Waals surface area contributed by atoms with Crippen LogP contribution in [0, 0.1) is 0 Å². The van der Waals surface area contributed by atoms with Gasteiger partial charge in [-0.1, -0.05) is 0 Å². The zero-order valence-corrected chi connectivity index (χ0v) is 39.7. The number of ether oxygens (including phenoxy) is 3. The van der Waals surface area contributed by atoms with Crippen molar-refractivity contribution in [2.24, 2.45) is 0 Å². The molecule has 2 rings (SSSR count). The van der Waals surface area contributed by atoms with Crippen molar-refractivity contribution >= 4 is 35.8 Å². The SMILES string of the molecule is O=C([O-])CN1CCN(CC(=O)[O-])CCN(CC(O)CN(CCOCCOCCOCCO)CC(O)CN2CCN(CC(=O)[O-])CCN(CC(=O)[O-])CCN(CC(=O)[O-])CC2)CCN(CC(=O)[O-])CC1. The Labute approximate surface area is 403 Å². The molecule has 0 spiro atoms. The molecule has 0 bridgehead atoms. The van der Waals surface area contributed by atoms with Crippen LogP contribution in [0.2, 0.25) is 0 Å². The Balaban J connectivity index is 2.27. The number of rotatable bonds is 31. The average molecular weight is 992 g/mol. The summed E-state index contributed by atoms with van der Waals surface area (Å²) >= 11 is 0. The lowest BCUT2D eigenvalue weighted by Gasteiger charge is -2.36. The highest BCUT2D eigenvalue weighted by molar-refractivity contribution is 5.68. The molecule has 2 aliphatic heterocycles. The number of aliphatic hydroxyl groups is 3. The molecule has 0 amide bonds. The van der Waals surface area contributed by atoms with E-state index in [1.807, 2.05) is 9.80 Å². The van der Waals surface area contributed by atoms with E-state index in [9.17, 15) is 69.6 Å². The van der Waals surface area contributed by atoms with E-state index in [-0.39, 0.29) is 184 Å². The minimum atomic E-state index is -1.34. The van der Waals surface area contributed by atoms with Gasteiger partial charge in [-0.15, -0.1) is 0 Å². The molecule has 2 heterocycles. The quantitative estimate of drug-likeness (QED) is 0.0543. The number of aliphatic carboxylic acids is 6. The third kappa shape index (κ3) is 31.9. The number of carbonyl (C=O) groups is 6. The third-order valence-electron chi connectivity index (χ3n) is 11.4. The van der Waals surface area contributed by atoms with Crippen LogP contribution in [0.1, 0.15) is 0 Å². The molecule has 0 aromatic heterocycles. The van der Waals surface area contributed by atoms with Gasteiger partial charge in [0.1, 0.15) is 0 Å². The molecule has 0 aromatic carbocycles. The molecule has 69 heavy (non-hydrogen) atoms. The summed E-state index contributed by atoms with van der Waals surface area (Å²) in [5.41, 5.74) is 0. The molecule has 2 aliphatic rings. The Morgan fingerprint density at radius 3 is 0.826 bits per heavy atom. The second kappa shape index (κ2) is 36.2. The summed E-state index contributed by atoms with van der Waals surface area (Å²) in [5, 5.41) is 102. The Hall–Kier alpha value is -3.78. The minimum absolute atomic E-state index is 0.0143. The van der Waals surface area contributed by atoms with Gasteiger partial charge in [-0.05, 0) is 0 Å². The Bertz CT molecular complexity index is 1340. The fourth-order valence-corrected chi connectivity index (χ4v) is 7.93. The fraction of sp³-hybridized carbons (Fsp3) is 0.857. The number of carboxylic acid groups (broad SMARTS) is 6. The summed E-state index contributed by atoms with van der Waals surface area (Å²) in [5.74, 6) is -8.04. The van der Waals surface area contributed by atoms with Gasteiger partial charge >= 0.3 is 0 Å². The van der Waals surface area contributed by atoms with Gasteiger partial charge in [0.25, 0.3) is 0 Å². The van der Waals surface area contributed by atoms with Gasteiger partial charge in [-0.2, -0.15) is 0 Å². The first kappa shape index (κ1) is 61.3. The summed E-state index contributed by atoms with van der Waals surface area (Å²) < 4.78 is 16.5. The van der Waals surface area contributed by atoms with Crippen LogP contribution >= 0.6 is 0 Å². The van der Waals surface area contributed by atoms with E-state index in [1.165, 1.54) is 9.80 Å². The predicted octanol–water partition coefficient (Wildman–Crippen LogP) is -14.0. The van der Waals surface area contributed by atoms with Crippen molar-refractivity contribution in [3.05, 3.63) is 0 Å². The van der Waals surface area contributed by atoms with Gasteiger partial charge < -0.3 is 88.9 Å². The lowest BCUT2D eigenvalue weighted by atomic mass is 10.2. The van der Waals surface area contributed by atoms with Crippen molar-refractivity contribution in [2.75, 3.05) is 223 Å². The topological polar surface area (TPSA) is 358 Å². The molecule has 27 heteroatoms. The summed E-state index contributed by atoms with van der Waals surface area (Å²) in [6.07, 6.45) is -2.13. The molecule has 2 fully saturated rings. The molecule has 2 unspecified atom stereocenters. The van der Waals surface area contributed by atoms with Gasteiger partial charge in [-0.25, -0.2) is 0 Å². The van der Waals surface area contributed by atoms with E-state index in [0.29, 0.717) is 0 Å². The monoisotopic (exact) mass is 992 g/mol. The van der Waals surface area contributed by atoms with Gasteiger partial charge in [-0.3, -0.25) is 44.1 Å². The van der Waals surface area contributed by atoms with Crippen LogP contribution in [0.25, 0.3) is 0 Å². The molecule has 2 saturated heterocycles. The predicted molar refractivity (Wildman–Crippen MR) is 230 cm³/mol. The largest absolute Gasteiger partial charge is 0.549 e. The summed E-state index contributed by atoms with van der Waals surface area (Å²) in [4.78, 5) is 84.4. The zero-order valence-electron chi connectivity index (χ0n) is 39.7. The molecular formula is C42H73N9O18-6. The van der Waals surface area contributed by atoms with Crippen molar-refractivity contribution in [3.8, 4) is 0 Å². The zero-order chi connectivity index (χ0) is 51.0. The molecule has 0 saturated carbocycles. The summed E-state index contributed by atoms with van der Waals surface area (Å²) in [6.45, 7) is 1.81. The second-order valence-corrected chi connectivity index (χ2v) is 17.1. The molecule has 400 valence electrons. The van der Waals surface area contributed by atoms with Crippen LogP contribution in [-0.4, -0.2) is 330 Å². The van der Waals surface area contributed by atoms with Crippen molar-refractivity contribution < 1.29 is 88.9 Å². The Morgan fingerprint density at radius 1 is 0.377 bits per heavy atom. The van der Waals surface area contributed by atoms with E-state index in [2.05, 4.69) is 0 Å². The number of hydrogen-bond donors (Lipinski definition) is 3. The fourth-order valence-electron chi connectivity index (χ4n) is 7.93. The number of carboxylic acids is 6. The smallest absolute Gasteiger partial charge is 0.0793 e. The molecule has 27 nitrogen and oxygen atoms in total. The summed E-state index contributed by atoms with van der Waals surface area (Å²) in [7, 11) is 0. The molecule has 0 aromatic rings. The van der Waals surface area contributed by atoms with Crippen LogP contribution in [0.15, 0.2) is 0 Å². The van der Waals surface area contributed by atoms with E-state index >= 15 is 0 Å². The lowest BCUT2D eigenvalue weighted by molar-refractivity contribution is -0.308. The van der Waals surface area contributed by atoms with Crippen molar-refractivity contribution in [3.63, 3.8) is 0 Å². The first-order valence-corrected chi connectivity index (χ1v) is 23.3. The highest BCUT2D eigenvalue weighted by Crippen LogP contribution is 2.07. The number of aliphatic hydroxyl groups excluding tert-OH is 3. The van der Waals surface area contributed by atoms with Gasteiger partial charge in [0.2, 0.25) is 0 Å². The third-order valence-corrected chi connectivity index (χ3v) is 11.4. The lowest BCUT2D eigenvalue weighted by Crippen LogP contribution is -2.53. The van der Waals surface area contributed by atoms with Gasteiger partial charge in [0, 0.05) is 177 Å². The Morgan fingerprint density at radius 2 is 0.594 bits per heavy atom. The van der Waals surface area contributed by atoms with Crippen molar-refractivity contribution in [2.45, 2.75) is 12.2 Å². The van der Waals surface area contributed by atoms with Crippen LogP contribution in [-0.2, 0) is 43.0 Å². The molecule has 3 N–H and O–H groups in total. The first-order chi connectivity index (χ1) is 32.9. The van der Waals surface area contributed by atoms with E-state index < -0.39 is 87.3 Å². The van der Waals surface area contributed by atoms with Crippen LogP contribution in [0.4, 0.5) is 0 Å². The van der Waals surface area contributed by atoms with Gasteiger partial charge in [0.05, 0.1) is 94.3 Å². The highest BCUT2D eigenvalue weighted by atomic mass is 16.5. The first-order valence-electron chi connectivity index (χ1n) is 23.3. The average Bonchev–Trinajstić information content (AvgIpc) is 3.24. The number of β-amino-alcohol motifs (C(OH)–C–C–N with tert-alkyl or cyclic N) is 2. The van der Waals surface area contributed by atoms with E-state index in [0.717, 1.165) is 0 Å². The molecular weight excluding hydrogens is 919 g/mol. The molecule has 0 radical (unpaired) electrons. The number of nitrogens with zero attached hydrogens (tertiary/aromatic N) is 9. The maximum absolute atomic E-state index is 11.7. The maximum atomic E-state index is 11.7. The van der Waals surface area contributed by atoms with E-state index in [4.69, 9.17) is 19.3 Å². The van der Waals surface area contributed by atoms with Crippen LogP contribution < -0.4 is 30.6 Å². The van der Waals surface area contributed by atoms with Crippen LogP contribution in [0.5, 0.6) is 0 Å². The number of carbonyl (C=O) groups excluding carboxylic acids is 6. The number of hydrogen-bond acceptors (Lipinski definition) is 27. The minimum Gasteiger partial charge on any atom is -0.549 e. The van der Waals surface area contributed by atoms with Gasteiger partial charge in [0.15, 0.2) is 0 Å². The van der Waals surface area contributed by atoms with Crippen molar-refractivity contribution in [1.82, 2.24) is 44.1 Å². The second-order valence-electron chi connectivity index (χ2n) is 17.1. The van der Waals surface area contributed by atoms with Crippen molar-refractivity contribution in [1.29, 1.82) is 0 Å². The standard InChI is InChI=1S/C42H79N9O18/c52-18-20-68-22-24-69-23-21-67-19-17-51(27-35(53)25-43-1-5-45(29-37(55)56)9-13-49(33-41(63)64)14-10-46(6-2-43)30-38(57)58)28-36(54)26-44-3-7-47(31-39(59)60)11-15-50(34-42(65)66)16-12-48(8-4-44)32-40(61)62/h35-36,52-54H,1-34H2,(H,55,56)(H,57,58)(H,59,60)(H,61,62)(H,63,64)(H,65,66)/p-6.